The summed E-state index contributed by atoms with van der Waals surface area (Å²) in [5.74, 6) is 0.615. The minimum atomic E-state index is -3.51. The zero-order valence-electron chi connectivity index (χ0n) is 9.75. The van der Waals surface area contributed by atoms with Crippen molar-refractivity contribution in [2.75, 3.05) is 7.11 Å². The molecule has 0 saturated carbocycles. The van der Waals surface area contributed by atoms with Crippen LogP contribution in [0.1, 0.15) is 5.56 Å². The quantitative estimate of drug-likeness (QED) is 0.843. The zero-order valence-corrected chi connectivity index (χ0v) is 10.6. The molecule has 0 bridgehead atoms. The van der Waals surface area contributed by atoms with Crippen molar-refractivity contribution >= 4 is 10.0 Å². The Balaban J connectivity index is 2.09. The Morgan fingerprint density at radius 2 is 2.06 bits per heavy atom. The summed E-state index contributed by atoms with van der Waals surface area (Å²) in [5.41, 5.74) is 0.770. The summed E-state index contributed by atoms with van der Waals surface area (Å²) in [4.78, 5) is 0.201. The summed E-state index contributed by atoms with van der Waals surface area (Å²) < 4.78 is 31.3. The zero-order chi connectivity index (χ0) is 13.0. The third-order valence-corrected chi connectivity index (χ3v) is 3.81. The molecule has 1 aromatic carbocycles. The average molecular weight is 267 g/mol. The van der Waals surface area contributed by atoms with Crippen molar-refractivity contribution in [2.45, 2.75) is 11.4 Å². The van der Waals surface area contributed by atoms with E-state index in [1.54, 1.807) is 24.5 Å². The number of sulfonamides is 1. The molecule has 1 aromatic heterocycles. The van der Waals surface area contributed by atoms with Gasteiger partial charge in [0.2, 0.25) is 10.0 Å². The minimum Gasteiger partial charge on any atom is -0.497 e. The van der Waals surface area contributed by atoms with Crippen LogP contribution in [0.2, 0.25) is 0 Å². The number of hydrogen-bond donors (Lipinski definition) is 2. The van der Waals surface area contributed by atoms with Crippen molar-refractivity contribution in [3.05, 3.63) is 42.2 Å². The molecular weight excluding hydrogens is 254 g/mol. The maximum Gasteiger partial charge on any atom is 0.240 e. The number of rotatable bonds is 5. The summed E-state index contributed by atoms with van der Waals surface area (Å²) in [6.45, 7) is 0.199. The number of ether oxygens (including phenoxy) is 1. The highest BCUT2D eigenvalue weighted by atomic mass is 32.2. The average Bonchev–Trinajstić information content (AvgIpc) is 2.90. The molecule has 0 atom stereocenters. The molecule has 7 heteroatoms. The maximum absolute atomic E-state index is 11.9. The number of benzene rings is 1. The fourth-order valence-electron chi connectivity index (χ4n) is 1.39. The SMILES string of the molecule is COc1ccc(S(=O)(=O)NCc2cn[nH]c2)cc1. The van der Waals surface area contributed by atoms with E-state index in [-0.39, 0.29) is 11.4 Å². The highest BCUT2D eigenvalue weighted by Gasteiger charge is 2.13. The van der Waals surface area contributed by atoms with Gasteiger partial charge in [0.15, 0.2) is 0 Å². The van der Waals surface area contributed by atoms with Gasteiger partial charge < -0.3 is 4.74 Å². The van der Waals surface area contributed by atoms with E-state index in [4.69, 9.17) is 4.74 Å². The second kappa shape index (κ2) is 5.19. The van der Waals surface area contributed by atoms with E-state index < -0.39 is 10.0 Å². The van der Waals surface area contributed by atoms with Crippen LogP contribution in [-0.4, -0.2) is 25.7 Å². The van der Waals surface area contributed by atoms with Crippen molar-refractivity contribution < 1.29 is 13.2 Å². The van der Waals surface area contributed by atoms with Gasteiger partial charge in [-0.2, -0.15) is 5.10 Å². The molecule has 0 saturated heterocycles. The molecule has 2 N–H and O–H groups in total. The lowest BCUT2D eigenvalue weighted by Crippen LogP contribution is -2.22. The molecule has 18 heavy (non-hydrogen) atoms. The van der Waals surface area contributed by atoms with E-state index >= 15 is 0 Å². The molecule has 1 heterocycles. The van der Waals surface area contributed by atoms with Crippen LogP contribution >= 0.6 is 0 Å². The maximum atomic E-state index is 11.9. The third-order valence-electron chi connectivity index (χ3n) is 2.39. The smallest absolute Gasteiger partial charge is 0.240 e. The van der Waals surface area contributed by atoms with Gasteiger partial charge in [-0.1, -0.05) is 0 Å². The summed E-state index contributed by atoms with van der Waals surface area (Å²) in [6.07, 6.45) is 3.20. The predicted molar refractivity (Wildman–Crippen MR) is 65.6 cm³/mol. The lowest BCUT2D eigenvalue weighted by Gasteiger charge is -2.06. The molecule has 0 radical (unpaired) electrons. The van der Waals surface area contributed by atoms with Crippen LogP contribution in [0.3, 0.4) is 0 Å². The minimum absolute atomic E-state index is 0.199. The van der Waals surface area contributed by atoms with E-state index in [9.17, 15) is 8.42 Å². The lowest BCUT2D eigenvalue weighted by atomic mass is 10.3. The Bertz CT molecular complexity index is 591. The number of aromatic nitrogens is 2. The van der Waals surface area contributed by atoms with Gasteiger partial charge in [0, 0.05) is 18.3 Å². The van der Waals surface area contributed by atoms with Gasteiger partial charge in [0.25, 0.3) is 0 Å². The number of aromatic amines is 1. The van der Waals surface area contributed by atoms with Crippen LogP contribution in [0.5, 0.6) is 5.75 Å². The number of nitrogens with one attached hydrogen (secondary N) is 2. The summed E-state index contributed by atoms with van der Waals surface area (Å²) >= 11 is 0. The molecule has 0 unspecified atom stereocenters. The van der Waals surface area contributed by atoms with Crippen LogP contribution in [0, 0.1) is 0 Å². The first-order chi connectivity index (χ1) is 8.62. The van der Waals surface area contributed by atoms with Gasteiger partial charge in [0.05, 0.1) is 18.2 Å². The Morgan fingerprint density at radius 3 is 2.61 bits per heavy atom. The fourth-order valence-corrected chi connectivity index (χ4v) is 2.41. The monoisotopic (exact) mass is 267 g/mol. The standard InChI is InChI=1S/C11H13N3O3S/c1-17-10-2-4-11(5-3-10)18(15,16)14-8-9-6-12-13-7-9/h2-7,14H,8H2,1H3,(H,12,13). The molecule has 2 aromatic rings. The first kappa shape index (κ1) is 12.6. The van der Waals surface area contributed by atoms with Crippen LogP contribution < -0.4 is 9.46 Å². The molecule has 0 aliphatic rings. The predicted octanol–water partition coefficient (Wildman–Crippen LogP) is 0.897. The number of methoxy groups -OCH3 is 1. The Labute approximate surface area is 105 Å². The first-order valence-corrected chi connectivity index (χ1v) is 6.71. The van der Waals surface area contributed by atoms with E-state index in [1.165, 1.54) is 19.2 Å². The molecule has 96 valence electrons. The number of H-pyrrole nitrogens is 1. The molecule has 0 fully saturated rings. The summed E-state index contributed by atoms with van der Waals surface area (Å²) in [5, 5.41) is 6.36. The summed E-state index contributed by atoms with van der Waals surface area (Å²) in [7, 11) is -1.98. The number of nitrogens with zero attached hydrogens (tertiary/aromatic N) is 1. The van der Waals surface area contributed by atoms with E-state index in [1.807, 2.05) is 0 Å². The molecular formula is C11H13N3O3S. The van der Waals surface area contributed by atoms with Gasteiger partial charge in [-0.25, -0.2) is 13.1 Å². The van der Waals surface area contributed by atoms with E-state index in [0.29, 0.717) is 5.75 Å². The van der Waals surface area contributed by atoms with Crippen molar-refractivity contribution in [1.29, 1.82) is 0 Å². The normalized spacial score (nSPS) is 11.4. The molecule has 0 amide bonds. The van der Waals surface area contributed by atoms with Crippen molar-refractivity contribution in [2.24, 2.45) is 0 Å². The number of hydrogen-bond acceptors (Lipinski definition) is 4. The van der Waals surface area contributed by atoms with Crippen LogP contribution in [0.15, 0.2) is 41.6 Å². The van der Waals surface area contributed by atoms with E-state index in [0.717, 1.165) is 5.56 Å². The Hall–Kier alpha value is -1.86. The molecule has 6 nitrogen and oxygen atoms in total. The first-order valence-electron chi connectivity index (χ1n) is 5.23. The Morgan fingerprint density at radius 1 is 1.33 bits per heavy atom. The van der Waals surface area contributed by atoms with Crippen LogP contribution in [-0.2, 0) is 16.6 Å². The van der Waals surface area contributed by atoms with Crippen LogP contribution in [0.4, 0.5) is 0 Å². The topological polar surface area (TPSA) is 84.1 Å². The fraction of sp³-hybridized carbons (Fsp3) is 0.182. The second-order valence-electron chi connectivity index (χ2n) is 3.61. The van der Waals surface area contributed by atoms with Gasteiger partial charge in [-0.15, -0.1) is 0 Å². The molecule has 2 rings (SSSR count). The third kappa shape index (κ3) is 2.88. The van der Waals surface area contributed by atoms with Crippen LogP contribution in [0.25, 0.3) is 0 Å². The highest BCUT2D eigenvalue weighted by molar-refractivity contribution is 7.89. The van der Waals surface area contributed by atoms with Gasteiger partial charge in [-0.05, 0) is 24.3 Å². The highest BCUT2D eigenvalue weighted by Crippen LogP contribution is 2.15. The van der Waals surface area contributed by atoms with Crippen molar-refractivity contribution in [3.63, 3.8) is 0 Å². The van der Waals surface area contributed by atoms with Gasteiger partial charge >= 0.3 is 0 Å². The van der Waals surface area contributed by atoms with Gasteiger partial charge in [-0.3, -0.25) is 5.10 Å². The molecule has 0 spiro atoms. The molecule has 0 aliphatic heterocycles. The largest absolute Gasteiger partial charge is 0.497 e. The second-order valence-corrected chi connectivity index (χ2v) is 5.37. The van der Waals surface area contributed by atoms with Crippen molar-refractivity contribution in [3.8, 4) is 5.75 Å². The lowest BCUT2D eigenvalue weighted by molar-refractivity contribution is 0.414. The van der Waals surface area contributed by atoms with E-state index in [2.05, 4.69) is 14.9 Å². The van der Waals surface area contributed by atoms with Gasteiger partial charge in [0.1, 0.15) is 5.75 Å². The van der Waals surface area contributed by atoms with Crippen molar-refractivity contribution in [1.82, 2.24) is 14.9 Å². The molecule has 0 aliphatic carbocycles. The Kier molecular flexibility index (Phi) is 3.63. The summed E-state index contributed by atoms with van der Waals surface area (Å²) in [6, 6.07) is 6.20.